The maximum Gasteiger partial charge on any atom is 0.0551 e. The molecule has 0 saturated heterocycles. The molecule has 56 valence electrons. The van der Waals surface area contributed by atoms with Crippen molar-refractivity contribution < 1.29 is 5.11 Å². The van der Waals surface area contributed by atoms with Crippen LogP contribution in [0.4, 0.5) is 0 Å². The molecule has 1 aliphatic heterocycles. The lowest BCUT2D eigenvalue weighted by molar-refractivity contribution is -0.0326. The molecule has 1 saturated carbocycles. The van der Waals surface area contributed by atoms with Gasteiger partial charge in [0.2, 0.25) is 0 Å². The number of aliphatic imine (C=N–C) groups is 1. The first-order chi connectivity index (χ1) is 4.81. The predicted octanol–water partition coefficient (Wildman–Crippen LogP) is 0.992. The lowest BCUT2D eigenvalue weighted by Crippen LogP contribution is -2.42. The third kappa shape index (κ3) is 0.870. The van der Waals surface area contributed by atoms with E-state index < -0.39 is 0 Å². The summed E-state index contributed by atoms with van der Waals surface area (Å²) in [6.07, 6.45) is 6.34. The molecule has 0 amide bonds. The summed E-state index contributed by atoms with van der Waals surface area (Å²) in [5.74, 6) is 0. The highest BCUT2D eigenvalue weighted by molar-refractivity contribution is 5.59. The molecule has 1 aliphatic carbocycles. The van der Waals surface area contributed by atoms with Crippen LogP contribution >= 0.6 is 0 Å². The largest absolute Gasteiger partial charge is 0.393 e. The van der Waals surface area contributed by atoms with Gasteiger partial charge in [0.1, 0.15) is 0 Å². The summed E-state index contributed by atoms with van der Waals surface area (Å²) in [5.41, 5.74) is 0.473. The SMILES string of the molecule is OC1CC2(CC=NCC2)C1. The molecular weight excluding hydrogens is 126 g/mol. The minimum absolute atomic E-state index is 0.00787. The summed E-state index contributed by atoms with van der Waals surface area (Å²) in [7, 11) is 0. The van der Waals surface area contributed by atoms with Crippen LogP contribution in [0.2, 0.25) is 0 Å². The van der Waals surface area contributed by atoms with Gasteiger partial charge < -0.3 is 5.11 Å². The van der Waals surface area contributed by atoms with Gasteiger partial charge in [0, 0.05) is 6.54 Å². The molecule has 0 aromatic carbocycles. The van der Waals surface area contributed by atoms with Gasteiger partial charge in [-0.05, 0) is 37.3 Å². The van der Waals surface area contributed by atoms with Crippen molar-refractivity contribution in [3.05, 3.63) is 0 Å². The van der Waals surface area contributed by atoms with Crippen molar-refractivity contribution in [2.24, 2.45) is 10.4 Å². The molecule has 0 aromatic heterocycles. The van der Waals surface area contributed by atoms with Crippen molar-refractivity contribution >= 4 is 6.21 Å². The van der Waals surface area contributed by atoms with Crippen molar-refractivity contribution in [3.63, 3.8) is 0 Å². The number of hydrogen-bond acceptors (Lipinski definition) is 2. The Morgan fingerprint density at radius 1 is 1.50 bits per heavy atom. The molecule has 1 heterocycles. The maximum atomic E-state index is 9.12. The Bertz CT molecular complexity index is 159. The molecule has 2 aliphatic rings. The Morgan fingerprint density at radius 3 is 2.80 bits per heavy atom. The number of aliphatic hydroxyl groups is 1. The van der Waals surface area contributed by atoms with E-state index in [1.807, 2.05) is 6.21 Å². The van der Waals surface area contributed by atoms with Crippen LogP contribution in [0.1, 0.15) is 25.7 Å². The molecule has 2 rings (SSSR count). The second kappa shape index (κ2) is 2.06. The van der Waals surface area contributed by atoms with Gasteiger partial charge in [0.05, 0.1) is 6.10 Å². The Kier molecular flexibility index (Phi) is 1.31. The van der Waals surface area contributed by atoms with Gasteiger partial charge in [-0.3, -0.25) is 4.99 Å². The molecule has 0 atom stereocenters. The molecule has 0 radical (unpaired) electrons. The van der Waals surface area contributed by atoms with Crippen LogP contribution in [0.25, 0.3) is 0 Å². The monoisotopic (exact) mass is 139 g/mol. The van der Waals surface area contributed by atoms with Gasteiger partial charge in [-0.1, -0.05) is 0 Å². The number of aliphatic hydroxyl groups excluding tert-OH is 1. The first-order valence-electron chi connectivity index (χ1n) is 3.97. The Hall–Kier alpha value is -0.370. The minimum Gasteiger partial charge on any atom is -0.393 e. The number of hydrogen-bond donors (Lipinski definition) is 1. The average Bonchev–Trinajstić information content (AvgIpc) is 1.87. The second-order valence-electron chi connectivity index (χ2n) is 3.60. The zero-order valence-corrected chi connectivity index (χ0v) is 6.08. The number of rotatable bonds is 0. The number of nitrogens with zero attached hydrogens (tertiary/aromatic N) is 1. The van der Waals surface area contributed by atoms with Gasteiger partial charge in [-0.15, -0.1) is 0 Å². The van der Waals surface area contributed by atoms with Crippen molar-refractivity contribution in [1.82, 2.24) is 0 Å². The zero-order valence-electron chi connectivity index (χ0n) is 6.08. The van der Waals surface area contributed by atoms with Gasteiger partial charge in [-0.2, -0.15) is 0 Å². The molecule has 1 spiro atoms. The van der Waals surface area contributed by atoms with Crippen molar-refractivity contribution in [3.8, 4) is 0 Å². The summed E-state index contributed by atoms with van der Waals surface area (Å²) >= 11 is 0. The van der Waals surface area contributed by atoms with Gasteiger partial charge in [-0.25, -0.2) is 0 Å². The van der Waals surface area contributed by atoms with E-state index in [2.05, 4.69) is 4.99 Å². The average molecular weight is 139 g/mol. The van der Waals surface area contributed by atoms with Crippen LogP contribution in [-0.2, 0) is 0 Å². The second-order valence-corrected chi connectivity index (χ2v) is 3.60. The summed E-state index contributed by atoms with van der Waals surface area (Å²) in [5, 5.41) is 9.12. The molecule has 0 aromatic rings. The molecule has 10 heavy (non-hydrogen) atoms. The lowest BCUT2D eigenvalue weighted by atomic mass is 9.62. The Morgan fingerprint density at radius 2 is 2.30 bits per heavy atom. The summed E-state index contributed by atoms with van der Waals surface area (Å²) < 4.78 is 0. The zero-order chi connectivity index (χ0) is 7.03. The summed E-state index contributed by atoms with van der Waals surface area (Å²) in [6.45, 7) is 0.979. The Balaban J connectivity index is 1.98. The standard InChI is InChI=1S/C8H13NO/c10-7-5-8(6-7)1-3-9-4-2-8/h3,7,10H,1-2,4-6H2. The van der Waals surface area contributed by atoms with E-state index in [0.717, 1.165) is 25.8 Å². The fraction of sp³-hybridized carbons (Fsp3) is 0.875. The van der Waals surface area contributed by atoms with Crippen molar-refractivity contribution in [2.45, 2.75) is 31.8 Å². The normalized spacial score (nSPS) is 45.5. The first-order valence-corrected chi connectivity index (χ1v) is 3.97. The fourth-order valence-electron chi connectivity index (χ4n) is 2.06. The van der Waals surface area contributed by atoms with Crippen LogP contribution in [0.15, 0.2) is 4.99 Å². The molecule has 2 heteroatoms. The van der Waals surface area contributed by atoms with Crippen LogP contribution in [-0.4, -0.2) is 24.0 Å². The minimum atomic E-state index is -0.00787. The third-order valence-corrected chi connectivity index (χ3v) is 2.76. The van der Waals surface area contributed by atoms with Crippen molar-refractivity contribution in [1.29, 1.82) is 0 Å². The smallest absolute Gasteiger partial charge is 0.0551 e. The van der Waals surface area contributed by atoms with E-state index in [1.165, 1.54) is 6.42 Å². The summed E-state index contributed by atoms with van der Waals surface area (Å²) in [4.78, 5) is 4.17. The highest BCUT2D eigenvalue weighted by Gasteiger charge is 2.42. The first kappa shape index (κ1) is 6.35. The quantitative estimate of drug-likeness (QED) is 0.533. The lowest BCUT2D eigenvalue weighted by Gasteiger charge is -2.46. The van der Waals surface area contributed by atoms with Crippen LogP contribution in [0.3, 0.4) is 0 Å². The topological polar surface area (TPSA) is 32.6 Å². The van der Waals surface area contributed by atoms with E-state index in [0.29, 0.717) is 5.41 Å². The van der Waals surface area contributed by atoms with E-state index in [-0.39, 0.29) is 6.10 Å². The molecule has 2 nitrogen and oxygen atoms in total. The van der Waals surface area contributed by atoms with Crippen LogP contribution in [0, 0.1) is 5.41 Å². The highest BCUT2D eigenvalue weighted by Crippen LogP contribution is 2.47. The van der Waals surface area contributed by atoms with E-state index in [4.69, 9.17) is 5.11 Å². The van der Waals surface area contributed by atoms with E-state index in [1.54, 1.807) is 0 Å². The molecule has 1 fully saturated rings. The van der Waals surface area contributed by atoms with Crippen LogP contribution in [0.5, 0.6) is 0 Å². The predicted molar refractivity (Wildman–Crippen MR) is 40.3 cm³/mol. The maximum absolute atomic E-state index is 9.12. The van der Waals surface area contributed by atoms with E-state index in [9.17, 15) is 0 Å². The molecular formula is C8H13NO. The van der Waals surface area contributed by atoms with E-state index >= 15 is 0 Å². The van der Waals surface area contributed by atoms with Crippen molar-refractivity contribution in [2.75, 3.05) is 6.54 Å². The molecule has 1 N–H and O–H groups in total. The van der Waals surface area contributed by atoms with Gasteiger partial charge in [0.25, 0.3) is 0 Å². The molecule has 0 unspecified atom stereocenters. The Labute approximate surface area is 61.0 Å². The fourth-order valence-corrected chi connectivity index (χ4v) is 2.06. The highest BCUT2D eigenvalue weighted by atomic mass is 16.3. The third-order valence-electron chi connectivity index (χ3n) is 2.76. The summed E-state index contributed by atoms with van der Waals surface area (Å²) in [6, 6.07) is 0. The van der Waals surface area contributed by atoms with Crippen LogP contribution < -0.4 is 0 Å². The van der Waals surface area contributed by atoms with Gasteiger partial charge >= 0.3 is 0 Å². The van der Waals surface area contributed by atoms with Gasteiger partial charge in [0.15, 0.2) is 0 Å². The molecule has 0 bridgehead atoms.